The Morgan fingerprint density at radius 3 is 2.58 bits per heavy atom. The van der Waals surface area contributed by atoms with Gasteiger partial charge in [0.25, 0.3) is 5.91 Å². The zero-order chi connectivity index (χ0) is 22.4. The molecule has 1 fully saturated rings. The van der Waals surface area contributed by atoms with Crippen molar-refractivity contribution in [2.45, 2.75) is 24.7 Å². The molecule has 2 aromatic carbocycles. The fraction of sp³-hybridized carbons (Fsp3) is 0.333. The van der Waals surface area contributed by atoms with Crippen LogP contribution in [0.5, 0.6) is 5.75 Å². The van der Waals surface area contributed by atoms with E-state index in [9.17, 15) is 22.4 Å². The van der Waals surface area contributed by atoms with Gasteiger partial charge in [-0.2, -0.15) is 4.31 Å². The van der Waals surface area contributed by atoms with Crippen LogP contribution in [0, 0.1) is 5.82 Å². The van der Waals surface area contributed by atoms with Crippen molar-refractivity contribution in [1.29, 1.82) is 0 Å². The van der Waals surface area contributed by atoms with E-state index in [1.165, 1.54) is 16.4 Å². The normalized spacial score (nSPS) is 14.3. The van der Waals surface area contributed by atoms with Crippen LogP contribution in [0.1, 0.15) is 30.1 Å². The third-order valence-corrected chi connectivity index (χ3v) is 6.54. The number of nitrogens with one attached hydrogen (secondary N) is 1. The highest BCUT2D eigenvalue weighted by atomic mass is 32.2. The van der Waals surface area contributed by atoms with E-state index in [1.54, 1.807) is 25.1 Å². The van der Waals surface area contributed by atoms with Crippen molar-refractivity contribution < 1.29 is 31.9 Å². The molecule has 0 aromatic heterocycles. The Labute approximate surface area is 180 Å². The highest BCUT2D eigenvalue weighted by Crippen LogP contribution is 2.25. The SMILES string of the molecule is CCOC(=O)COc1cccc(NC(=O)c2ccc(F)c(S(=O)(=O)N3CCCC3)c2)c1. The number of nitrogens with zero attached hydrogens (tertiary/aromatic N) is 1. The van der Waals surface area contributed by atoms with Gasteiger partial charge < -0.3 is 14.8 Å². The first-order valence-corrected chi connectivity index (χ1v) is 11.2. The maximum absolute atomic E-state index is 14.3. The number of esters is 1. The van der Waals surface area contributed by atoms with Crippen molar-refractivity contribution in [3.05, 3.63) is 53.8 Å². The molecule has 0 unspecified atom stereocenters. The first kappa shape index (κ1) is 22.7. The summed E-state index contributed by atoms with van der Waals surface area (Å²) in [6, 6.07) is 9.55. The third kappa shape index (κ3) is 5.59. The zero-order valence-electron chi connectivity index (χ0n) is 17.0. The van der Waals surface area contributed by atoms with Crippen LogP contribution in [0.15, 0.2) is 47.4 Å². The molecular weight excluding hydrogens is 427 g/mol. The number of hydrogen-bond acceptors (Lipinski definition) is 6. The maximum Gasteiger partial charge on any atom is 0.344 e. The molecule has 0 spiro atoms. The Morgan fingerprint density at radius 1 is 1.13 bits per heavy atom. The third-order valence-electron chi connectivity index (χ3n) is 4.63. The van der Waals surface area contributed by atoms with E-state index in [2.05, 4.69) is 5.32 Å². The molecule has 0 bridgehead atoms. The molecule has 10 heteroatoms. The Balaban J connectivity index is 1.74. The number of carbonyl (C=O) groups excluding carboxylic acids is 2. The van der Waals surface area contributed by atoms with E-state index >= 15 is 0 Å². The molecule has 0 aliphatic carbocycles. The molecular formula is C21H23FN2O6S. The van der Waals surface area contributed by atoms with Crippen molar-refractivity contribution in [2.75, 3.05) is 31.6 Å². The first-order chi connectivity index (χ1) is 14.8. The number of amides is 1. The molecule has 1 saturated heterocycles. The number of anilines is 1. The summed E-state index contributed by atoms with van der Waals surface area (Å²) in [6.07, 6.45) is 1.44. The van der Waals surface area contributed by atoms with Crippen molar-refractivity contribution >= 4 is 27.6 Å². The van der Waals surface area contributed by atoms with Crippen LogP contribution >= 0.6 is 0 Å². The van der Waals surface area contributed by atoms with Crippen LogP contribution in [-0.2, 0) is 19.6 Å². The monoisotopic (exact) mass is 450 g/mol. The van der Waals surface area contributed by atoms with Crippen LogP contribution in [-0.4, -0.2) is 50.9 Å². The maximum atomic E-state index is 14.3. The molecule has 3 rings (SSSR count). The molecule has 0 saturated carbocycles. The summed E-state index contributed by atoms with van der Waals surface area (Å²) >= 11 is 0. The van der Waals surface area contributed by atoms with Crippen LogP contribution in [0.25, 0.3) is 0 Å². The number of benzene rings is 2. The van der Waals surface area contributed by atoms with Crippen molar-refractivity contribution in [3.63, 3.8) is 0 Å². The van der Waals surface area contributed by atoms with Gasteiger partial charge in [-0.1, -0.05) is 6.07 Å². The predicted octanol–water partition coefficient (Wildman–Crippen LogP) is 2.80. The van der Waals surface area contributed by atoms with Crippen molar-refractivity contribution in [3.8, 4) is 5.75 Å². The van der Waals surface area contributed by atoms with Crippen molar-refractivity contribution in [2.24, 2.45) is 0 Å². The van der Waals surface area contributed by atoms with Gasteiger partial charge in [-0.3, -0.25) is 4.79 Å². The van der Waals surface area contributed by atoms with Gasteiger partial charge in [-0.15, -0.1) is 0 Å². The van der Waals surface area contributed by atoms with Gasteiger partial charge in [0, 0.05) is 30.4 Å². The Bertz CT molecular complexity index is 1070. The smallest absolute Gasteiger partial charge is 0.344 e. The molecule has 1 amide bonds. The molecule has 1 heterocycles. The van der Waals surface area contributed by atoms with E-state index in [-0.39, 0.29) is 18.8 Å². The molecule has 2 aromatic rings. The second-order valence-corrected chi connectivity index (χ2v) is 8.74. The van der Waals surface area contributed by atoms with Gasteiger partial charge in [0.05, 0.1) is 6.61 Å². The van der Waals surface area contributed by atoms with E-state index in [1.807, 2.05) is 0 Å². The Kier molecular flexibility index (Phi) is 7.24. The van der Waals surface area contributed by atoms with E-state index in [0.29, 0.717) is 24.5 Å². The summed E-state index contributed by atoms with van der Waals surface area (Å²) in [7, 11) is -4.01. The van der Waals surface area contributed by atoms with Crippen LogP contribution < -0.4 is 10.1 Å². The lowest BCUT2D eigenvalue weighted by molar-refractivity contribution is -0.145. The molecule has 1 aliphatic heterocycles. The average Bonchev–Trinajstić information content (AvgIpc) is 3.29. The number of sulfonamides is 1. The number of ether oxygens (including phenoxy) is 2. The molecule has 31 heavy (non-hydrogen) atoms. The molecule has 0 atom stereocenters. The highest BCUT2D eigenvalue weighted by molar-refractivity contribution is 7.89. The number of halogens is 1. The summed E-state index contributed by atoms with van der Waals surface area (Å²) in [5, 5.41) is 2.61. The van der Waals surface area contributed by atoms with Gasteiger partial charge in [0.2, 0.25) is 10.0 Å². The molecule has 1 N–H and O–H groups in total. The molecule has 166 valence electrons. The van der Waals surface area contributed by atoms with E-state index < -0.39 is 32.6 Å². The average molecular weight is 450 g/mol. The predicted molar refractivity (Wildman–Crippen MR) is 111 cm³/mol. The summed E-state index contributed by atoms with van der Waals surface area (Å²) in [6.45, 7) is 2.31. The second kappa shape index (κ2) is 9.88. The summed E-state index contributed by atoms with van der Waals surface area (Å²) < 4.78 is 51.0. The van der Waals surface area contributed by atoms with Crippen LogP contribution in [0.3, 0.4) is 0 Å². The van der Waals surface area contributed by atoms with Gasteiger partial charge in [-0.05, 0) is 50.1 Å². The lowest BCUT2D eigenvalue weighted by atomic mass is 10.2. The van der Waals surface area contributed by atoms with Gasteiger partial charge in [0.15, 0.2) is 6.61 Å². The quantitative estimate of drug-likeness (QED) is 0.621. The van der Waals surface area contributed by atoms with Crippen molar-refractivity contribution in [1.82, 2.24) is 4.31 Å². The topological polar surface area (TPSA) is 102 Å². The summed E-state index contributed by atoms with van der Waals surface area (Å²) in [5.74, 6) is -1.70. The Morgan fingerprint density at radius 2 is 1.87 bits per heavy atom. The molecule has 0 radical (unpaired) electrons. The zero-order valence-corrected chi connectivity index (χ0v) is 17.8. The lowest BCUT2D eigenvalue weighted by Crippen LogP contribution is -2.29. The summed E-state index contributed by atoms with van der Waals surface area (Å²) in [5.41, 5.74) is 0.358. The van der Waals surface area contributed by atoms with Gasteiger partial charge in [-0.25, -0.2) is 17.6 Å². The minimum absolute atomic E-state index is 0.00276. The van der Waals surface area contributed by atoms with Crippen LogP contribution in [0.4, 0.5) is 10.1 Å². The first-order valence-electron chi connectivity index (χ1n) is 9.81. The highest BCUT2D eigenvalue weighted by Gasteiger charge is 2.30. The molecule has 8 nitrogen and oxygen atoms in total. The molecule has 1 aliphatic rings. The minimum atomic E-state index is -4.01. The number of hydrogen-bond donors (Lipinski definition) is 1. The second-order valence-electron chi connectivity index (χ2n) is 6.83. The van der Waals surface area contributed by atoms with E-state index in [0.717, 1.165) is 25.0 Å². The largest absolute Gasteiger partial charge is 0.482 e. The Hall–Kier alpha value is -2.98. The summed E-state index contributed by atoms with van der Waals surface area (Å²) in [4.78, 5) is 23.5. The lowest BCUT2D eigenvalue weighted by Gasteiger charge is -2.16. The fourth-order valence-electron chi connectivity index (χ4n) is 3.12. The number of rotatable bonds is 8. The number of carbonyl (C=O) groups is 2. The van der Waals surface area contributed by atoms with Gasteiger partial charge >= 0.3 is 5.97 Å². The van der Waals surface area contributed by atoms with E-state index in [4.69, 9.17) is 9.47 Å². The van der Waals surface area contributed by atoms with Crippen LogP contribution in [0.2, 0.25) is 0 Å². The minimum Gasteiger partial charge on any atom is -0.482 e. The standard InChI is InChI=1S/C21H23FN2O6S/c1-2-29-20(25)14-30-17-7-5-6-16(13-17)23-21(26)15-8-9-18(22)19(12-15)31(27,28)24-10-3-4-11-24/h5-9,12-13H,2-4,10-11,14H2,1H3,(H,23,26). The fourth-order valence-corrected chi connectivity index (χ4v) is 4.73. The van der Waals surface area contributed by atoms with Gasteiger partial charge in [0.1, 0.15) is 16.5 Å².